The molecule has 2 N–H and O–H groups in total. The van der Waals surface area contributed by atoms with Crippen LogP contribution in [0.2, 0.25) is 0 Å². The average Bonchev–Trinajstić information content (AvgIpc) is 2.72. The molecule has 20 heavy (non-hydrogen) atoms. The molecule has 0 unspecified atom stereocenters. The predicted molar refractivity (Wildman–Crippen MR) is 74.8 cm³/mol. The smallest absolute Gasteiger partial charge is 0.168 e. The van der Waals surface area contributed by atoms with E-state index in [1.54, 1.807) is 4.57 Å². The van der Waals surface area contributed by atoms with E-state index in [0.29, 0.717) is 12.2 Å². The molecular formula is C15H15F2N3. The highest BCUT2D eigenvalue weighted by Gasteiger charge is 2.19. The maximum absolute atomic E-state index is 13.9. The van der Waals surface area contributed by atoms with E-state index in [2.05, 4.69) is 10.9 Å². The van der Waals surface area contributed by atoms with Gasteiger partial charge in [0.2, 0.25) is 0 Å². The van der Waals surface area contributed by atoms with Crippen molar-refractivity contribution in [1.82, 2.24) is 9.55 Å². The van der Waals surface area contributed by atoms with Crippen LogP contribution >= 0.6 is 0 Å². The minimum Gasteiger partial charge on any atom is -0.383 e. The second kappa shape index (κ2) is 5.74. The van der Waals surface area contributed by atoms with Gasteiger partial charge < -0.3 is 10.3 Å². The monoisotopic (exact) mass is 275 g/mol. The summed E-state index contributed by atoms with van der Waals surface area (Å²) in [6, 6.07) is 3.93. The van der Waals surface area contributed by atoms with Gasteiger partial charge in [0.1, 0.15) is 17.3 Å². The van der Waals surface area contributed by atoms with E-state index in [4.69, 9.17) is 12.2 Å². The van der Waals surface area contributed by atoms with Crippen molar-refractivity contribution in [3.63, 3.8) is 0 Å². The Morgan fingerprint density at radius 1 is 1.40 bits per heavy atom. The fourth-order valence-electron chi connectivity index (χ4n) is 2.08. The molecule has 0 spiro atoms. The Morgan fingerprint density at radius 3 is 2.80 bits per heavy atom. The number of rotatable bonds is 4. The summed E-state index contributed by atoms with van der Waals surface area (Å²) in [5.74, 6) is 1.55. The summed E-state index contributed by atoms with van der Waals surface area (Å²) < 4.78 is 28.8. The number of hydrogen-bond acceptors (Lipinski definition) is 2. The molecule has 0 aliphatic rings. The molecule has 0 aliphatic carbocycles. The van der Waals surface area contributed by atoms with Crippen LogP contribution in [0.1, 0.15) is 19.2 Å². The lowest BCUT2D eigenvalue weighted by atomic mass is 10.1. The summed E-state index contributed by atoms with van der Waals surface area (Å²) >= 11 is 0. The van der Waals surface area contributed by atoms with Crippen molar-refractivity contribution in [2.24, 2.45) is 0 Å². The van der Waals surface area contributed by atoms with E-state index in [1.807, 2.05) is 6.92 Å². The van der Waals surface area contributed by atoms with Gasteiger partial charge in [-0.1, -0.05) is 18.9 Å². The number of anilines is 1. The van der Waals surface area contributed by atoms with Gasteiger partial charge in [-0.15, -0.1) is 6.42 Å². The lowest BCUT2D eigenvalue weighted by Crippen LogP contribution is -2.06. The van der Waals surface area contributed by atoms with Crippen LogP contribution in [0, 0.1) is 24.0 Å². The van der Waals surface area contributed by atoms with E-state index >= 15 is 0 Å². The number of imidazole rings is 1. The van der Waals surface area contributed by atoms with E-state index in [-0.39, 0.29) is 23.6 Å². The topological polar surface area (TPSA) is 43.8 Å². The minimum absolute atomic E-state index is 0.0515. The summed E-state index contributed by atoms with van der Waals surface area (Å²) in [5, 5.41) is 0. The highest BCUT2D eigenvalue weighted by molar-refractivity contribution is 5.71. The number of nitrogen functional groups attached to an aromatic ring is 1. The number of terminal acetylenes is 1. The fraction of sp³-hybridized carbons (Fsp3) is 0.267. The summed E-state index contributed by atoms with van der Waals surface area (Å²) in [5.41, 5.74) is 6.28. The molecule has 0 atom stereocenters. The van der Waals surface area contributed by atoms with Crippen molar-refractivity contribution < 1.29 is 8.78 Å². The highest BCUT2D eigenvalue weighted by Crippen LogP contribution is 2.29. The van der Waals surface area contributed by atoms with Gasteiger partial charge in [0.15, 0.2) is 11.6 Å². The third kappa shape index (κ3) is 2.37. The van der Waals surface area contributed by atoms with E-state index in [0.717, 1.165) is 12.5 Å². The van der Waals surface area contributed by atoms with Crippen LogP contribution in [-0.2, 0) is 13.0 Å². The lowest BCUT2D eigenvalue weighted by Gasteiger charge is -2.05. The SMILES string of the molecule is C#CCn1c(CCC)nc(-c2cccc(F)c2F)c1N. The van der Waals surface area contributed by atoms with Crippen molar-refractivity contribution in [2.75, 3.05) is 5.73 Å². The molecule has 1 aromatic carbocycles. The minimum atomic E-state index is -0.951. The van der Waals surface area contributed by atoms with Gasteiger partial charge in [-0.05, 0) is 18.6 Å². The number of nitrogens with zero attached hydrogens (tertiary/aromatic N) is 2. The van der Waals surface area contributed by atoms with E-state index < -0.39 is 11.6 Å². The molecule has 0 aliphatic heterocycles. The number of aryl methyl sites for hydroxylation is 1. The Balaban J connectivity index is 2.60. The number of halogens is 2. The molecule has 1 aromatic heterocycles. The Morgan fingerprint density at radius 2 is 2.15 bits per heavy atom. The molecule has 104 valence electrons. The average molecular weight is 275 g/mol. The molecule has 3 nitrogen and oxygen atoms in total. The number of hydrogen-bond donors (Lipinski definition) is 1. The summed E-state index contributed by atoms with van der Waals surface area (Å²) in [4.78, 5) is 4.33. The van der Waals surface area contributed by atoms with Crippen molar-refractivity contribution in [2.45, 2.75) is 26.3 Å². The molecule has 0 radical (unpaired) electrons. The van der Waals surface area contributed by atoms with E-state index in [9.17, 15) is 8.78 Å². The third-order valence-corrected chi connectivity index (χ3v) is 3.02. The zero-order valence-corrected chi connectivity index (χ0v) is 11.2. The first-order valence-electron chi connectivity index (χ1n) is 6.32. The van der Waals surface area contributed by atoms with Crippen molar-refractivity contribution in [1.29, 1.82) is 0 Å². The van der Waals surface area contributed by atoms with Gasteiger partial charge in [-0.25, -0.2) is 13.8 Å². The van der Waals surface area contributed by atoms with Gasteiger partial charge in [0.05, 0.1) is 6.54 Å². The van der Waals surface area contributed by atoms with Crippen LogP contribution in [0.3, 0.4) is 0 Å². The van der Waals surface area contributed by atoms with Gasteiger partial charge in [0, 0.05) is 12.0 Å². The normalized spacial score (nSPS) is 10.5. The predicted octanol–water partition coefficient (Wildman–Crippen LogP) is 3.00. The lowest BCUT2D eigenvalue weighted by molar-refractivity contribution is 0.511. The van der Waals surface area contributed by atoms with Crippen LogP contribution < -0.4 is 5.73 Å². The maximum atomic E-state index is 13.9. The molecule has 1 heterocycles. The van der Waals surface area contributed by atoms with Crippen LogP contribution in [0.15, 0.2) is 18.2 Å². The van der Waals surface area contributed by atoms with Crippen LogP contribution in [0.4, 0.5) is 14.6 Å². The summed E-state index contributed by atoms with van der Waals surface area (Å²) in [6.07, 6.45) is 6.83. The summed E-state index contributed by atoms with van der Waals surface area (Å²) in [6.45, 7) is 2.25. The zero-order valence-electron chi connectivity index (χ0n) is 11.2. The molecular weight excluding hydrogens is 260 g/mol. The molecule has 2 aromatic rings. The second-order valence-electron chi connectivity index (χ2n) is 4.40. The molecule has 0 saturated heterocycles. The molecule has 0 amide bonds. The quantitative estimate of drug-likeness (QED) is 0.872. The third-order valence-electron chi connectivity index (χ3n) is 3.02. The first-order valence-corrected chi connectivity index (χ1v) is 6.32. The van der Waals surface area contributed by atoms with Gasteiger partial charge in [0.25, 0.3) is 0 Å². The first-order chi connectivity index (χ1) is 9.60. The molecule has 0 bridgehead atoms. The molecule has 5 heteroatoms. The van der Waals surface area contributed by atoms with Gasteiger partial charge in [-0.3, -0.25) is 0 Å². The van der Waals surface area contributed by atoms with E-state index in [1.165, 1.54) is 12.1 Å². The highest BCUT2D eigenvalue weighted by atomic mass is 19.2. The van der Waals surface area contributed by atoms with Crippen LogP contribution in [0.5, 0.6) is 0 Å². The van der Waals surface area contributed by atoms with Crippen LogP contribution in [-0.4, -0.2) is 9.55 Å². The van der Waals surface area contributed by atoms with Crippen LogP contribution in [0.25, 0.3) is 11.3 Å². The van der Waals surface area contributed by atoms with Crippen molar-refractivity contribution in [3.05, 3.63) is 35.7 Å². The Kier molecular flexibility index (Phi) is 4.04. The Hall–Kier alpha value is -2.35. The largest absolute Gasteiger partial charge is 0.383 e. The number of aromatic nitrogens is 2. The number of benzene rings is 1. The standard InChI is InChI=1S/C15H15F2N3/c1-3-6-12-19-14(15(18)20(12)9-4-2)10-7-5-8-11(16)13(10)17/h2,5,7-8H,3,6,9,18H2,1H3. The Bertz CT molecular complexity index is 668. The maximum Gasteiger partial charge on any atom is 0.168 e. The summed E-state index contributed by atoms with van der Waals surface area (Å²) in [7, 11) is 0. The van der Waals surface area contributed by atoms with Gasteiger partial charge >= 0.3 is 0 Å². The Labute approximate surface area is 116 Å². The van der Waals surface area contributed by atoms with Gasteiger partial charge in [-0.2, -0.15) is 0 Å². The number of nitrogens with two attached hydrogens (primary N) is 1. The van der Waals surface area contributed by atoms with Crippen molar-refractivity contribution in [3.8, 4) is 23.6 Å². The first kappa shape index (κ1) is 14.1. The second-order valence-corrected chi connectivity index (χ2v) is 4.40. The fourth-order valence-corrected chi connectivity index (χ4v) is 2.08. The molecule has 0 fully saturated rings. The molecule has 2 rings (SSSR count). The molecule has 0 saturated carbocycles. The zero-order chi connectivity index (χ0) is 14.7. The van der Waals surface area contributed by atoms with Crippen molar-refractivity contribution >= 4 is 5.82 Å².